The zero-order valence-electron chi connectivity index (χ0n) is 12.6. The summed E-state index contributed by atoms with van der Waals surface area (Å²) in [6.07, 6.45) is 1.83. The first kappa shape index (κ1) is 16.8. The predicted octanol–water partition coefficient (Wildman–Crippen LogP) is 3.88. The molecule has 0 spiro atoms. The van der Waals surface area contributed by atoms with E-state index in [-0.39, 0.29) is 0 Å². The van der Waals surface area contributed by atoms with Crippen LogP contribution in [0.15, 0.2) is 0 Å². The van der Waals surface area contributed by atoms with Crippen LogP contribution in [0.5, 0.6) is 0 Å². The quantitative estimate of drug-likeness (QED) is 0.545. The van der Waals surface area contributed by atoms with Gasteiger partial charge in [-0.1, -0.05) is 0 Å². The Labute approximate surface area is 114 Å². The van der Waals surface area contributed by atoms with Crippen LogP contribution in [0, 0.1) is 5.92 Å². The van der Waals surface area contributed by atoms with Crippen LogP contribution in [-0.2, 0) is 0 Å². The summed E-state index contributed by atoms with van der Waals surface area (Å²) in [5.74, 6) is 0.602. The van der Waals surface area contributed by atoms with Gasteiger partial charge in [-0.15, -0.1) is 0 Å². The molecule has 1 fully saturated rings. The molecule has 0 amide bonds. The Morgan fingerprint density at radius 1 is 0.889 bits per heavy atom. The van der Waals surface area contributed by atoms with E-state index >= 15 is 0 Å². The van der Waals surface area contributed by atoms with Crippen LogP contribution in [0.2, 0.25) is 38.8 Å². The SMILES string of the molecule is C[Si](C)(C)P(O)(O)(O)[Si](C)(C)CC1CCCCC1. The zero-order valence-corrected chi connectivity index (χ0v) is 15.5. The van der Waals surface area contributed by atoms with Crippen molar-refractivity contribution in [3.8, 4) is 0 Å². The average molecular weight is 311 g/mol. The van der Waals surface area contributed by atoms with E-state index in [1.54, 1.807) is 0 Å². The third-order valence-corrected chi connectivity index (χ3v) is 37.3. The first-order chi connectivity index (χ1) is 7.87. The van der Waals surface area contributed by atoms with Crippen LogP contribution in [0.25, 0.3) is 0 Å². The van der Waals surface area contributed by atoms with E-state index in [4.69, 9.17) is 0 Å². The van der Waals surface area contributed by atoms with Crippen LogP contribution in [0.1, 0.15) is 32.1 Å². The Morgan fingerprint density at radius 3 is 1.72 bits per heavy atom. The normalized spacial score (nSPS) is 22.6. The van der Waals surface area contributed by atoms with E-state index in [1.807, 2.05) is 32.7 Å². The minimum atomic E-state index is -4.42. The van der Waals surface area contributed by atoms with Crippen molar-refractivity contribution in [1.82, 2.24) is 0 Å². The predicted molar refractivity (Wildman–Crippen MR) is 85.8 cm³/mol. The van der Waals surface area contributed by atoms with E-state index < -0.39 is 21.9 Å². The van der Waals surface area contributed by atoms with Gasteiger partial charge < -0.3 is 0 Å². The first-order valence-corrected chi connectivity index (χ1v) is 17.6. The Kier molecular flexibility index (Phi) is 4.61. The second kappa shape index (κ2) is 4.94. The molecule has 1 aliphatic rings. The summed E-state index contributed by atoms with van der Waals surface area (Å²) in [4.78, 5) is 32.2. The van der Waals surface area contributed by atoms with Gasteiger partial charge in [0.2, 0.25) is 0 Å². The number of hydrogen-bond acceptors (Lipinski definition) is 3. The van der Waals surface area contributed by atoms with Gasteiger partial charge in [0.05, 0.1) is 0 Å². The molecule has 0 aromatic heterocycles. The van der Waals surface area contributed by atoms with Crippen molar-refractivity contribution >= 4 is 21.9 Å². The monoisotopic (exact) mass is 310 g/mol. The summed E-state index contributed by atoms with van der Waals surface area (Å²) >= 11 is 0. The van der Waals surface area contributed by atoms with E-state index in [1.165, 1.54) is 32.1 Å². The molecule has 1 rings (SSSR count). The summed E-state index contributed by atoms with van der Waals surface area (Å²) in [7, 11) is -4.79. The van der Waals surface area contributed by atoms with E-state index in [0.29, 0.717) is 5.92 Å². The van der Waals surface area contributed by atoms with Crippen LogP contribution < -0.4 is 0 Å². The maximum absolute atomic E-state index is 10.7. The topological polar surface area (TPSA) is 60.7 Å². The third kappa shape index (κ3) is 2.91. The Bertz CT molecular complexity index is 299. The van der Waals surface area contributed by atoms with Gasteiger partial charge >= 0.3 is 113 Å². The summed E-state index contributed by atoms with van der Waals surface area (Å²) in [6.45, 7) is 9.64. The third-order valence-electron chi connectivity index (χ3n) is 4.86. The van der Waals surface area contributed by atoms with E-state index in [9.17, 15) is 14.7 Å². The van der Waals surface area contributed by atoms with Crippen molar-refractivity contribution < 1.29 is 14.7 Å². The van der Waals surface area contributed by atoms with Gasteiger partial charge in [-0.05, 0) is 0 Å². The molecule has 0 aromatic rings. The van der Waals surface area contributed by atoms with Crippen LogP contribution in [-0.4, -0.2) is 30.2 Å². The van der Waals surface area contributed by atoms with Crippen molar-refractivity contribution in [2.24, 2.45) is 5.92 Å². The molecule has 0 aliphatic heterocycles. The van der Waals surface area contributed by atoms with Crippen molar-refractivity contribution in [3.63, 3.8) is 0 Å². The molecule has 3 N–H and O–H groups in total. The number of hydrogen-bond donors (Lipinski definition) is 3. The molecule has 110 valence electrons. The molecule has 1 aliphatic carbocycles. The zero-order chi connectivity index (χ0) is 14.3. The molecule has 6 heteroatoms. The van der Waals surface area contributed by atoms with Crippen molar-refractivity contribution in [2.45, 2.75) is 70.9 Å². The van der Waals surface area contributed by atoms with Crippen LogP contribution >= 0.6 is 6.38 Å². The molecule has 0 aromatic carbocycles. The maximum atomic E-state index is 10.7. The van der Waals surface area contributed by atoms with Crippen molar-refractivity contribution in [2.75, 3.05) is 0 Å². The standard InChI is InChI=1S/C12H31O3PSi2/c1-17(2,3)16(13,14,15)18(4,5)11-12-9-7-6-8-10-12/h12-15H,6-11H2,1-5H3. The van der Waals surface area contributed by atoms with Gasteiger partial charge in [0, 0.05) is 0 Å². The number of rotatable bonds is 4. The van der Waals surface area contributed by atoms with E-state index in [2.05, 4.69) is 0 Å². The molecule has 0 bridgehead atoms. The van der Waals surface area contributed by atoms with Gasteiger partial charge in [-0.2, -0.15) is 0 Å². The fraction of sp³-hybridized carbons (Fsp3) is 1.00. The van der Waals surface area contributed by atoms with Gasteiger partial charge in [0.1, 0.15) is 0 Å². The second-order valence-corrected chi connectivity index (χ2v) is 31.9. The van der Waals surface area contributed by atoms with Gasteiger partial charge in [-0.3, -0.25) is 0 Å². The Morgan fingerprint density at radius 2 is 1.33 bits per heavy atom. The fourth-order valence-corrected chi connectivity index (χ4v) is 31.5. The molecular formula is C12H31O3PSi2. The van der Waals surface area contributed by atoms with E-state index in [0.717, 1.165) is 6.04 Å². The van der Waals surface area contributed by atoms with Gasteiger partial charge in [0.15, 0.2) is 0 Å². The molecule has 18 heavy (non-hydrogen) atoms. The molecule has 0 saturated heterocycles. The Hall–Kier alpha value is 0.744. The average Bonchev–Trinajstić information content (AvgIpc) is 2.15. The molecule has 3 nitrogen and oxygen atoms in total. The van der Waals surface area contributed by atoms with Crippen molar-refractivity contribution in [1.29, 1.82) is 0 Å². The van der Waals surface area contributed by atoms with Crippen molar-refractivity contribution in [3.05, 3.63) is 0 Å². The van der Waals surface area contributed by atoms with Gasteiger partial charge in [0.25, 0.3) is 0 Å². The molecule has 1 saturated carbocycles. The van der Waals surface area contributed by atoms with Crippen LogP contribution in [0.3, 0.4) is 0 Å². The molecule has 0 atom stereocenters. The molecule has 0 unspecified atom stereocenters. The summed E-state index contributed by atoms with van der Waals surface area (Å²) in [6, 6.07) is 0.874. The summed E-state index contributed by atoms with van der Waals surface area (Å²) in [5, 5.41) is 0. The summed E-state index contributed by atoms with van der Waals surface area (Å²) < 4.78 is 0. The summed E-state index contributed by atoms with van der Waals surface area (Å²) in [5.41, 5.74) is 0. The fourth-order valence-electron chi connectivity index (χ4n) is 3.17. The second-order valence-electron chi connectivity index (χ2n) is 7.67. The van der Waals surface area contributed by atoms with Crippen LogP contribution in [0.4, 0.5) is 0 Å². The minimum absolute atomic E-state index is 0.602. The molecular weight excluding hydrogens is 279 g/mol. The Balaban J connectivity index is 2.90. The first-order valence-electron chi connectivity index (χ1n) is 7.13. The molecule has 0 heterocycles. The molecule has 0 radical (unpaired) electrons. The van der Waals surface area contributed by atoms with Gasteiger partial charge in [-0.25, -0.2) is 0 Å².